The van der Waals surface area contributed by atoms with Crippen LogP contribution in [0.15, 0.2) is 84.9 Å². The number of likely N-dealkylation sites (N-methyl/N-ethyl adjacent to an activating group) is 1. The lowest BCUT2D eigenvalue weighted by Crippen LogP contribution is -2.34. The summed E-state index contributed by atoms with van der Waals surface area (Å²) in [6.07, 6.45) is 0.976. The van der Waals surface area contributed by atoms with Crippen molar-refractivity contribution in [1.29, 1.82) is 0 Å². The first-order chi connectivity index (χ1) is 14.8. The van der Waals surface area contributed by atoms with E-state index in [9.17, 15) is 0 Å². The first kappa shape index (κ1) is 22.1. The quantitative estimate of drug-likeness (QED) is 0.434. The van der Waals surface area contributed by atoms with Gasteiger partial charge in [0.15, 0.2) is 0 Å². The Labute approximate surface area is 181 Å². The van der Waals surface area contributed by atoms with Crippen LogP contribution in [0.4, 0.5) is 0 Å². The predicted molar refractivity (Wildman–Crippen MR) is 126 cm³/mol. The van der Waals surface area contributed by atoms with Gasteiger partial charge in [-0.1, -0.05) is 86.6 Å². The van der Waals surface area contributed by atoms with Crippen molar-refractivity contribution in [3.05, 3.63) is 102 Å². The smallest absolute Gasteiger partial charge is 0.119 e. The Morgan fingerprint density at radius 1 is 0.767 bits per heavy atom. The van der Waals surface area contributed by atoms with Gasteiger partial charge in [0, 0.05) is 19.1 Å². The third-order valence-corrected chi connectivity index (χ3v) is 5.53. The van der Waals surface area contributed by atoms with Gasteiger partial charge in [-0.2, -0.15) is 0 Å². The highest BCUT2D eigenvalue weighted by molar-refractivity contribution is 5.31. The summed E-state index contributed by atoms with van der Waals surface area (Å²) >= 11 is 0. The van der Waals surface area contributed by atoms with Crippen LogP contribution < -0.4 is 10.1 Å². The van der Waals surface area contributed by atoms with Crippen LogP contribution in [0.3, 0.4) is 0 Å². The number of benzene rings is 3. The molecule has 0 aliphatic carbocycles. The molecule has 158 valence electrons. The van der Waals surface area contributed by atoms with Gasteiger partial charge in [0.25, 0.3) is 0 Å². The average molecular weight is 403 g/mol. The maximum Gasteiger partial charge on any atom is 0.119 e. The van der Waals surface area contributed by atoms with Crippen LogP contribution in [0.5, 0.6) is 5.75 Å². The molecule has 0 amide bonds. The zero-order valence-electron chi connectivity index (χ0n) is 18.3. The summed E-state index contributed by atoms with van der Waals surface area (Å²) in [7, 11) is 0. The van der Waals surface area contributed by atoms with E-state index < -0.39 is 0 Å². The van der Waals surface area contributed by atoms with Crippen molar-refractivity contribution in [3.63, 3.8) is 0 Å². The van der Waals surface area contributed by atoms with Crippen LogP contribution in [0.25, 0.3) is 0 Å². The maximum absolute atomic E-state index is 5.96. The molecular formula is C27H34N2O. The highest BCUT2D eigenvalue weighted by Crippen LogP contribution is 2.22. The zero-order valence-corrected chi connectivity index (χ0v) is 18.3. The zero-order chi connectivity index (χ0) is 21.0. The fourth-order valence-electron chi connectivity index (χ4n) is 3.63. The second kappa shape index (κ2) is 12.2. The minimum absolute atomic E-state index is 0.283. The molecule has 0 aromatic heterocycles. The lowest BCUT2D eigenvalue weighted by atomic mass is 9.98. The van der Waals surface area contributed by atoms with Crippen LogP contribution in [0, 0.1) is 0 Å². The Morgan fingerprint density at radius 3 is 1.97 bits per heavy atom. The molecule has 3 rings (SSSR count). The summed E-state index contributed by atoms with van der Waals surface area (Å²) < 4.78 is 5.96. The van der Waals surface area contributed by atoms with E-state index in [4.69, 9.17) is 4.74 Å². The largest absolute Gasteiger partial charge is 0.489 e. The number of rotatable bonds is 12. The third kappa shape index (κ3) is 7.01. The summed E-state index contributed by atoms with van der Waals surface area (Å²) in [5, 5.41) is 3.78. The van der Waals surface area contributed by atoms with Crippen molar-refractivity contribution in [2.45, 2.75) is 32.9 Å². The molecule has 0 saturated heterocycles. The van der Waals surface area contributed by atoms with Gasteiger partial charge in [0.2, 0.25) is 0 Å². The van der Waals surface area contributed by atoms with E-state index in [0.29, 0.717) is 6.61 Å². The van der Waals surface area contributed by atoms with Crippen LogP contribution in [0.2, 0.25) is 0 Å². The van der Waals surface area contributed by atoms with Crippen molar-refractivity contribution >= 4 is 0 Å². The molecule has 3 aromatic rings. The van der Waals surface area contributed by atoms with Crippen molar-refractivity contribution in [1.82, 2.24) is 10.2 Å². The second-order valence-electron chi connectivity index (χ2n) is 7.57. The molecule has 30 heavy (non-hydrogen) atoms. The van der Waals surface area contributed by atoms with Crippen LogP contribution in [0.1, 0.15) is 36.6 Å². The van der Waals surface area contributed by atoms with E-state index >= 15 is 0 Å². The Bertz CT molecular complexity index is 830. The summed E-state index contributed by atoms with van der Waals surface area (Å²) in [5.41, 5.74) is 3.83. The average Bonchev–Trinajstić information content (AvgIpc) is 2.81. The molecule has 0 heterocycles. The van der Waals surface area contributed by atoms with Gasteiger partial charge in [-0.05, 0) is 48.3 Å². The van der Waals surface area contributed by atoms with Gasteiger partial charge in [-0.15, -0.1) is 0 Å². The lowest BCUT2D eigenvalue weighted by Gasteiger charge is -2.23. The fourth-order valence-corrected chi connectivity index (χ4v) is 3.63. The summed E-state index contributed by atoms with van der Waals surface area (Å²) in [5.74, 6) is 0.907. The topological polar surface area (TPSA) is 24.5 Å². The van der Waals surface area contributed by atoms with E-state index in [-0.39, 0.29) is 6.04 Å². The maximum atomic E-state index is 5.96. The molecule has 0 bridgehead atoms. The SMILES string of the molecule is CCN(CC)CCNC(Cc1ccccc1)c1ccc(OCc2ccccc2)cc1. The summed E-state index contributed by atoms with van der Waals surface area (Å²) in [6.45, 7) is 9.26. The van der Waals surface area contributed by atoms with E-state index in [2.05, 4.69) is 90.8 Å². The molecule has 0 saturated carbocycles. The van der Waals surface area contributed by atoms with Crippen LogP contribution in [-0.4, -0.2) is 31.1 Å². The standard InChI is InChI=1S/C27H34N2O/c1-3-29(4-2)20-19-28-27(21-23-11-7-5-8-12-23)25-15-17-26(18-16-25)30-22-24-13-9-6-10-14-24/h5-18,27-28H,3-4,19-22H2,1-2H3. The highest BCUT2D eigenvalue weighted by Gasteiger charge is 2.13. The Morgan fingerprint density at radius 2 is 1.37 bits per heavy atom. The Kier molecular flexibility index (Phi) is 8.95. The number of hydrogen-bond acceptors (Lipinski definition) is 3. The number of nitrogens with one attached hydrogen (secondary N) is 1. The number of ether oxygens (including phenoxy) is 1. The van der Waals surface area contributed by atoms with Gasteiger partial charge in [-0.3, -0.25) is 0 Å². The molecule has 0 aliphatic heterocycles. The van der Waals surface area contributed by atoms with Crippen molar-refractivity contribution < 1.29 is 4.74 Å². The van der Waals surface area contributed by atoms with Crippen LogP contribution >= 0.6 is 0 Å². The lowest BCUT2D eigenvalue weighted by molar-refractivity contribution is 0.296. The monoisotopic (exact) mass is 402 g/mol. The van der Waals surface area contributed by atoms with Crippen molar-refractivity contribution in [2.75, 3.05) is 26.2 Å². The summed E-state index contributed by atoms with van der Waals surface area (Å²) in [6, 6.07) is 29.8. The fraction of sp³-hybridized carbons (Fsp3) is 0.333. The van der Waals surface area contributed by atoms with E-state index in [1.54, 1.807) is 0 Å². The normalized spacial score (nSPS) is 12.1. The van der Waals surface area contributed by atoms with Gasteiger partial charge < -0.3 is 15.0 Å². The summed E-state index contributed by atoms with van der Waals surface area (Å²) in [4.78, 5) is 2.45. The number of hydrogen-bond donors (Lipinski definition) is 1. The molecule has 3 nitrogen and oxygen atoms in total. The molecule has 0 spiro atoms. The van der Waals surface area contributed by atoms with E-state index in [1.807, 2.05) is 18.2 Å². The molecule has 1 atom stereocenters. The van der Waals surface area contributed by atoms with Crippen LogP contribution in [-0.2, 0) is 13.0 Å². The van der Waals surface area contributed by atoms with Gasteiger partial charge in [0.1, 0.15) is 12.4 Å². The molecule has 0 radical (unpaired) electrons. The highest BCUT2D eigenvalue weighted by atomic mass is 16.5. The first-order valence-electron chi connectivity index (χ1n) is 11.0. The molecule has 3 aromatic carbocycles. The molecule has 0 fully saturated rings. The second-order valence-corrected chi connectivity index (χ2v) is 7.57. The Hall–Kier alpha value is -2.62. The van der Waals surface area contributed by atoms with Gasteiger partial charge in [0.05, 0.1) is 0 Å². The Balaban J connectivity index is 1.63. The van der Waals surface area contributed by atoms with E-state index in [0.717, 1.165) is 38.3 Å². The van der Waals surface area contributed by atoms with Crippen molar-refractivity contribution in [2.24, 2.45) is 0 Å². The number of nitrogens with zero attached hydrogens (tertiary/aromatic N) is 1. The van der Waals surface area contributed by atoms with Gasteiger partial charge in [-0.25, -0.2) is 0 Å². The molecule has 1 unspecified atom stereocenters. The third-order valence-electron chi connectivity index (χ3n) is 5.53. The minimum Gasteiger partial charge on any atom is -0.489 e. The molecular weight excluding hydrogens is 368 g/mol. The minimum atomic E-state index is 0.283. The predicted octanol–water partition coefficient (Wildman–Crippen LogP) is 5.48. The van der Waals surface area contributed by atoms with E-state index in [1.165, 1.54) is 16.7 Å². The first-order valence-corrected chi connectivity index (χ1v) is 11.0. The van der Waals surface area contributed by atoms with Crippen molar-refractivity contribution in [3.8, 4) is 5.75 Å². The molecule has 0 aliphatic rings. The molecule has 1 N–H and O–H groups in total. The van der Waals surface area contributed by atoms with Gasteiger partial charge >= 0.3 is 0 Å². The molecule has 3 heteroatoms.